The lowest BCUT2D eigenvalue weighted by molar-refractivity contribution is -0.140. The van der Waals surface area contributed by atoms with E-state index in [1.165, 1.54) is 0 Å². The third kappa shape index (κ3) is 1.45. The zero-order valence-electron chi connectivity index (χ0n) is 9.99. The number of carboxylic acid groups (broad SMARTS) is 1. The zero-order valence-corrected chi connectivity index (χ0v) is 9.99. The fraction of sp³-hybridized carbons (Fsp3) is 0.286. The Kier molecular flexibility index (Phi) is 2.11. The van der Waals surface area contributed by atoms with Gasteiger partial charge in [0.05, 0.1) is 5.41 Å². The van der Waals surface area contributed by atoms with Gasteiger partial charge < -0.3 is 10.1 Å². The Hall–Kier alpha value is -2.10. The molecule has 0 amide bonds. The molecule has 18 heavy (non-hydrogen) atoms. The molecule has 0 aliphatic heterocycles. The number of aromatic nitrogens is 1. The number of aliphatic carboxylic acids is 1. The molecule has 4 heteroatoms. The molecule has 3 rings (SSSR count). The van der Waals surface area contributed by atoms with Crippen molar-refractivity contribution in [3.8, 4) is 0 Å². The highest BCUT2D eigenvalue weighted by Crippen LogP contribution is 2.48. The summed E-state index contributed by atoms with van der Waals surface area (Å²) in [5.41, 5.74) is 1.41. The normalized spacial score (nSPS) is 16.7. The van der Waals surface area contributed by atoms with E-state index >= 15 is 0 Å². The van der Waals surface area contributed by atoms with Crippen LogP contribution in [0, 0.1) is 6.92 Å². The highest BCUT2D eigenvalue weighted by molar-refractivity contribution is 5.88. The van der Waals surface area contributed by atoms with Crippen LogP contribution in [-0.2, 0) is 10.2 Å². The zero-order chi connectivity index (χ0) is 12.9. The van der Waals surface area contributed by atoms with Crippen molar-refractivity contribution in [1.82, 2.24) is 4.98 Å². The minimum Gasteiger partial charge on any atom is -0.481 e. The van der Waals surface area contributed by atoms with Crippen molar-refractivity contribution in [2.45, 2.75) is 25.2 Å². The van der Waals surface area contributed by atoms with Gasteiger partial charge in [-0.1, -0.05) is 6.07 Å². The van der Waals surface area contributed by atoms with Gasteiger partial charge in [0.25, 0.3) is 5.56 Å². The van der Waals surface area contributed by atoms with Gasteiger partial charge in [-0.05, 0) is 48.9 Å². The second-order valence-electron chi connectivity index (χ2n) is 4.97. The third-order valence-electron chi connectivity index (χ3n) is 3.74. The Morgan fingerprint density at radius 3 is 2.67 bits per heavy atom. The number of rotatable bonds is 2. The first-order valence-electron chi connectivity index (χ1n) is 5.90. The Bertz CT molecular complexity index is 711. The molecule has 1 aromatic heterocycles. The highest BCUT2D eigenvalue weighted by Gasteiger charge is 2.51. The molecule has 4 nitrogen and oxygen atoms in total. The van der Waals surface area contributed by atoms with Gasteiger partial charge in [0.2, 0.25) is 0 Å². The number of fused-ring (bicyclic) bond motifs is 1. The Labute approximate surface area is 103 Å². The maximum Gasteiger partial charge on any atom is 0.314 e. The van der Waals surface area contributed by atoms with Gasteiger partial charge in [-0.25, -0.2) is 0 Å². The minimum absolute atomic E-state index is 0.102. The first-order valence-corrected chi connectivity index (χ1v) is 5.90. The molecular formula is C14H13NO3. The number of hydrogen-bond donors (Lipinski definition) is 2. The monoisotopic (exact) mass is 243 g/mol. The fourth-order valence-corrected chi connectivity index (χ4v) is 2.36. The summed E-state index contributed by atoms with van der Waals surface area (Å²) in [5, 5.41) is 10.2. The second kappa shape index (κ2) is 3.45. The summed E-state index contributed by atoms with van der Waals surface area (Å²) >= 11 is 0. The molecule has 2 N–H and O–H groups in total. The lowest BCUT2D eigenvalue weighted by Gasteiger charge is -2.11. The summed E-state index contributed by atoms with van der Waals surface area (Å²) in [7, 11) is 0. The molecule has 0 unspecified atom stereocenters. The number of benzene rings is 1. The van der Waals surface area contributed by atoms with E-state index in [1.807, 2.05) is 6.07 Å². The molecule has 1 heterocycles. The van der Waals surface area contributed by atoms with Crippen LogP contribution >= 0.6 is 0 Å². The Balaban J connectivity index is 2.20. The van der Waals surface area contributed by atoms with E-state index < -0.39 is 11.4 Å². The van der Waals surface area contributed by atoms with Gasteiger partial charge in [-0.3, -0.25) is 9.59 Å². The summed E-state index contributed by atoms with van der Waals surface area (Å²) in [6, 6.07) is 7.26. The van der Waals surface area contributed by atoms with Crippen molar-refractivity contribution in [1.29, 1.82) is 0 Å². The van der Waals surface area contributed by atoms with E-state index in [2.05, 4.69) is 4.98 Å². The molecule has 0 saturated heterocycles. The molecule has 92 valence electrons. The topological polar surface area (TPSA) is 70.2 Å². The number of aryl methyl sites for hydroxylation is 1. The van der Waals surface area contributed by atoms with E-state index in [-0.39, 0.29) is 5.56 Å². The summed E-state index contributed by atoms with van der Waals surface area (Å²) in [6.45, 7) is 1.75. The van der Waals surface area contributed by atoms with Crippen LogP contribution in [0.2, 0.25) is 0 Å². The van der Waals surface area contributed by atoms with Crippen LogP contribution in [-0.4, -0.2) is 16.1 Å². The third-order valence-corrected chi connectivity index (χ3v) is 3.74. The van der Waals surface area contributed by atoms with E-state index in [9.17, 15) is 14.7 Å². The van der Waals surface area contributed by atoms with Crippen molar-refractivity contribution >= 4 is 16.9 Å². The largest absolute Gasteiger partial charge is 0.481 e. The molecule has 0 atom stereocenters. The molecular weight excluding hydrogens is 230 g/mol. The smallest absolute Gasteiger partial charge is 0.314 e. The number of aromatic amines is 1. The average Bonchev–Trinajstić information content (AvgIpc) is 3.11. The van der Waals surface area contributed by atoms with Crippen LogP contribution < -0.4 is 5.56 Å². The van der Waals surface area contributed by atoms with Crippen LogP contribution in [0.4, 0.5) is 0 Å². The molecule has 1 aliphatic rings. The first-order chi connectivity index (χ1) is 8.53. The number of pyridine rings is 1. The molecule has 0 bridgehead atoms. The van der Waals surface area contributed by atoms with Crippen molar-refractivity contribution in [2.24, 2.45) is 0 Å². The first kappa shape index (κ1) is 11.0. The van der Waals surface area contributed by atoms with E-state index in [0.717, 1.165) is 16.5 Å². The van der Waals surface area contributed by atoms with Gasteiger partial charge in [-0.15, -0.1) is 0 Å². The van der Waals surface area contributed by atoms with Crippen LogP contribution in [0.5, 0.6) is 0 Å². The molecule has 1 aliphatic carbocycles. The summed E-state index contributed by atoms with van der Waals surface area (Å²) in [4.78, 5) is 25.6. The van der Waals surface area contributed by atoms with E-state index in [1.54, 1.807) is 25.1 Å². The summed E-state index contributed by atoms with van der Waals surface area (Å²) < 4.78 is 0. The maximum absolute atomic E-state index is 11.5. The van der Waals surface area contributed by atoms with Crippen molar-refractivity contribution in [2.75, 3.05) is 0 Å². The number of carbonyl (C=O) groups is 1. The minimum atomic E-state index is -0.761. The molecule has 1 fully saturated rings. The highest BCUT2D eigenvalue weighted by atomic mass is 16.4. The van der Waals surface area contributed by atoms with Crippen LogP contribution in [0.3, 0.4) is 0 Å². The van der Waals surface area contributed by atoms with Gasteiger partial charge >= 0.3 is 5.97 Å². The second-order valence-corrected chi connectivity index (χ2v) is 4.97. The summed E-state index contributed by atoms with van der Waals surface area (Å²) in [5.74, 6) is -0.761. The van der Waals surface area contributed by atoms with Crippen molar-refractivity contribution in [3.63, 3.8) is 0 Å². The van der Waals surface area contributed by atoms with Gasteiger partial charge in [-0.2, -0.15) is 0 Å². The van der Waals surface area contributed by atoms with Crippen molar-refractivity contribution in [3.05, 3.63) is 45.7 Å². The lowest BCUT2D eigenvalue weighted by Crippen LogP contribution is -2.19. The molecule has 1 aromatic carbocycles. The van der Waals surface area contributed by atoms with Gasteiger partial charge in [0, 0.05) is 11.1 Å². The number of nitrogens with one attached hydrogen (secondary N) is 1. The van der Waals surface area contributed by atoms with E-state index in [4.69, 9.17) is 0 Å². The van der Waals surface area contributed by atoms with Crippen LogP contribution in [0.25, 0.3) is 10.9 Å². The predicted molar refractivity (Wildman–Crippen MR) is 67.9 cm³/mol. The van der Waals surface area contributed by atoms with Crippen molar-refractivity contribution < 1.29 is 9.90 Å². The molecule has 0 radical (unpaired) electrons. The molecule has 2 aromatic rings. The number of H-pyrrole nitrogens is 1. The summed E-state index contributed by atoms with van der Waals surface area (Å²) in [6.07, 6.45) is 1.38. The SMILES string of the molecule is Cc1cc2cc(C3(C(=O)O)CC3)ccc2[nH]c1=O. The predicted octanol–water partition coefficient (Wildman–Crippen LogP) is 1.95. The quantitative estimate of drug-likeness (QED) is 0.847. The average molecular weight is 243 g/mol. The molecule has 1 saturated carbocycles. The van der Waals surface area contributed by atoms with E-state index in [0.29, 0.717) is 18.4 Å². The fourth-order valence-electron chi connectivity index (χ4n) is 2.36. The molecule has 0 spiro atoms. The van der Waals surface area contributed by atoms with Gasteiger partial charge in [0.15, 0.2) is 0 Å². The standard InChI is InChI=1S/C14H13NO3/c1-8-6-9-7-10(14(4-5-14)13(17)18)2-3-11(9)15-12(8)16/h2-3,6-7H,4-5H2,1H3,(H,15,16)(H,17,18). The number of hydrogen-bond acceptors (Lipinski definition) is 2. The Morgan fingerprint density at radius 1 is 1.33 bits per heavy atom. The lowest BCUT2D eigenvalue weighted by atomic mass is 9.94. The Morgan fingerprint density at radius 2 is 2.06 bits per heavy atom. The number of carboxylic acids is 1. The van der Waals surface area contributed by atoms with Crippen LogP contribution in [0.1, 0.15) is 24.0 Å². The van der Waals surface area contributed by atoms with Crippen LogP contribution in [0.15, 0.2) is 29.1 Å². The van der Waals surface area contributed by atoms with Gasteiger partial charge in [0.1, 0.15) is 0 Å². The maximum atomic E-state index is 11.5.